The van der Waals surface area contributed by atoms with E-state index in [-0.39, 0.29) is 17.6 Å². The van der Waals surface area contributed by atoms with Gasteiger partial charge in [0.1, 0.15) is 18.0 Å². The molecule has 3 heterocycles. The normalized spacial score (nSPS) is 14.7. The first-order valence-electron chi connectivity index (χ1n) is 14.8. The molecule has 1 aliphatic heterocycles. The molecule has 1 aliphatic rings. The summed E-state index contributed by atoms with van der Waals surface area (Å²) in [6.45, 7) is 3.35. The largest absolute Gasteiger partial charge is 0.497 e. The van der Waals surface area contributed by atoms with Gasteiger partial charge in [0.25, 0.3) is 17.7 Å². The summed E-state index contributed by atoms with van der Waals surface area (Å²) in [5, 5.41) is 3.46. The standard InChI is InChI=1S/C35H32N6O5/c1-22(2)40(24-14-16-26(46-3)17-15-24)31(42)21-39-29-12-6-7-13-30(29)41(25-10-8-18-36-20-25)35(45)32(34(39)44)38-33(43)28-19-23-9-4-5-11-27(23)37-28/h4-20,22,32,37H,21H2,1-3H3,(H,38,43). The third kappa shape index (κ3) is 5.65. The quantitative estimate of drug-likeness (QED) is 0.241. The number of hydrogen-bond donors (Lipinski definition) is 2. The minimum Gasteiger partial charge on any atom is -0.497 e. The minimum absolute atomic E-state index is 0.185. The Bertz CT molecular complexity index is 1890. The van der Waals surface area contributed by atoms with Gasteiger partial charge in [0.2, 0.25) is 5.91 Å². The van der Waals surface area contributed by atoms with Crippen LogP contribution in [-0.2, 0) is 14.4 Å². The van der Waals surface area contributed by atoms with Gasteiger partial charge in [-0.1, -0.05) is 30.3 Å². The summed E-state index contributed by atoms with van der Waals surface area (Å²) in [5.74, 6) is -1.83. The number of amides is 4. The van der Waals surface area contributed by atoms with E-state index in [1.165, 1.54) is 16.0 Å². The Labute approximate surface area is 265 Å². The maximum absolute atomic E-state index is 14.4. The Kier molecular flexibility index (Phi) is 8.21. The van der Waals surface area contributed by atoms with Crippen LogP contribution in [0.25, 0.3) is 10.9 Å². The van der Waals surface area contributed by atoms with Crippen molar-refractivity contribution < 1.29 is 23.9 Å². The van der Waals surface area contributed by atoms with Crippen LogP contribution in [0.3, 0.4) is 0 Å². The number of aromatic nitrogens is 2. The topological polar surface area (TPSA) is 128 Å². The number of hydrogen-bond acceptors (Lipinski definition) is 6. The van der Waals surface area contributed by atoms with Crippen molar-refractivity contribution in [2.45, 2.75) is 25.9 Å². The maximum Gasteiger partial charge on any atom is 0.268 e. The van der Waals surface area contributed by atoms with Crippen LogP contribution in [0.4, 0.5) is 22.7 Å². The molecule has 2 aromatic heterocycles. The van der Waals surface area contributed by atoms with E-state index < -0.39 is 30.3 Å². The lowest BCUT2D eigenvalue weighted by atomic mass is 10.2. The van der Waals surface area contributed by atoms with Crippen molar-refractivity contribution in [3.63, 3.8) is 0 Å². The van der Waals surface area contributed by atoms with Crippen LogP contribution in [0.1, 0.15) is 24.3 Å². The number of H-pyrrole nitrogens is 1. The van der Waals surface area contributed by atoms with Gasteiger partial charge in [-0.05, 0) is 74.5 Å². The predicted molar refractivity (Wildman–Crippen MR) is 175 cm³/mol. The first-order chi connectivity index (χ1) is 22.3. The summed E-state index contributed by atoms with van der Waals surface area (Å²) in [4.78, 5) is 67.8. The lowest BCUT2D eigenvalue weighted by Crippen LogP contribution is -2.56. The first-order valence-corrected chi connectivity index (χ1v) is 14.8. The van der Waals surface area contributed by atoms with E-state index in [1.807, 2.05) is 38.1 Å². The summed E-state index contributed by atoms with van der Waals surface area (Å²) in [7, 11) is 1.56. The molecule has 5 aromatic rings. The predicted octanol–water partition coefficient (Wildman–Crippen LogP) is 4.82. The van der Waals surface area contributed by atoms with Crippen LogP contribution in [0.5, 0.6) is 5.75 Å². The zero-order chi connectivity index (χ0) is 32.4. The summed E-state index contributed by atoms with van der Waals surface area (Å²) in [5.41, 5.74) is 2.63. The van der Waals surface area contributed by atoms with Crippen LogP contribution in [0, 0.1) is 0 Å². The second-order valence-electron chi connectivity index (χ2n) is 11.0. The van der Waals surface area contributed by atoms with Crippen molar-refractivity contribution >= 4 is 57.3 Å². The van der Waals surface area contributed by atoms with Gasteiger partial charge in [-0.15, -0.1) is 0 Å². The number of nitrogens with one attached hydrogen (secondary N) is 2. The van der Waals surface area contributed by atoms with Gasteiger partial charge in [-0.3, -0.25) is 34.0 Å². The Morgan fingerprint density at radius 1 is 0.935 bits per heavy atom. The molecule has 0 spiro atoms. The van der Waals surface area contributed by atoms with E-state index in [9.17, 15) is 19.2 Å². The number of ether oxygens (including phenoxy) is 1. The molecule has 0 fully saturated rings. The fraction of sp³-hybridized carbons (Fsp3) is 0.171. The average Bonchev–Trinajstić information content (AvgIpc) is 3.49. The third-order valence-electron chi connectivity index (χ3n) is 7.78. The molecule has 3 aromatic carbocycles. The van der Waals surface area contributed by atoms with Crippen molar-refractivity contribution in [2.75, 3.05) is 28.4 Å². The molecule has 1 unspecified atom stereocenters. The van der Waals surface area contributed by atoms with Gasteiger partial charge in [-0.25, -0.2) is 0 Å². The van der Waals surface area contributed by atoms with Gasteiger partial charge in [0.15, 0.2) is 6.04 Å². The molecule has 0 bridgehead atoms. The zero-order valence-electron chi connectivity index (χ0n) is 25.5. The maximum atomic E-state index is 14.4. The van der Waals surface area contributed by atoms with E-state index in [2.05, 4.69) is 15.3 Å². The second-order valence-corrected chi connectivity index (χ2v) is 11.0. The number of carbonyl (C=O) groups excluding carboxylic acids is 4. The highest BCUT2D eigenvalue weighted by Crippen LogP contribution is 2.38. The molecule has 1 atom stereocenters. The molecular formula is C35H32N6O5. The second kappa shape index (κ2) is 12.6. The van der Waals surface area contributed by atoms with Crippen LogP contribution in [0.15, 0.2) is 103 Å². The van der Waals surface area contributed by atoms with E-state index >= 15 is 0 Å². The van der Waals surface area contributed by atoms with Crippen LogP contribution >= 0.6 is 0 Å². The molecule has 232 valence electrons. The molecule has 0 saturated carbocycles. The summed E-state index contributed by atoms with van der Waals surface area (Å²) < 4.78 is 5.27. The lowest BCUT2D eigenvalue weighted by molar-refractivity contribution is -0.129. The number of nitrogens with zero attached hydrogens (tertiary/aromatic N) is 4. The number of fused-ring (bicyclic) bond motifs is 2. The number of benzene rings is 3. The van der Waals surface area contributed by atoms with Crippen LogP contribution in [-0.4, -0.2) is 59.3 Å². The highest BCUT2D eigenvalue weighted by molar-refractivity contribution is 6.25. The van der Waals surface area contributed by atoms with Crippen molar-refractivity contribution in [3.8, 4) is 5.75 Å². The van der Waals surface area contributed by atoms with Gasteiger partial charge < -0.3 is 19.9 Å². The molecule has 0 radical (unpaired) electrons. The zero-order valence-corrected chi connectivity index (χ0v) is 25.5. The molecular weight excluding hydrogens is 584 g/mol. The average molecular weight is 617 g/mol. The van der Waals surface area contributed by atoms with Crippen LogP contribution < -0.4 is 24.8 Å². The summed E-state index contributed by atoms with van der Waals surface area (Å²) in [6, 6.07) is 24.3. The smallest absolute Gasteiger partial charge is 0.268 e. The Balaban J connectivity index is 1.41. The molecule has 11 nitrogen and oxygen atoms in total. The van der Waals surface area contributed by atoms with Crippen molar-refractivity contribution in [2.24, 2.45) is 0 Å². The SMILES string of the molecule is COc1ccc(N(C(=O)CN2C(=O)C(NC(=O)c3cc4ccccc4[nH]3)C(=O)N(c3cccnc3)c3ccccc32)C(C)C)cc1. The van der Waals surface area contributed by atoms with Crippen molar-refractivity contribution in [1.82, 2.24) is 15.3 Å². The Morgan fingerprint density at radius 3 is 2.33 bits per heavy atom. The molecule has 11 heteroatoms. The Morgan fingerprint density at radius 2 is 1.65 bits per heavy atom. The van der Waals surface area contributed by atoms with E-state index in [1.54, 1.807) is 84.9 Å². The van der Waals surface area contributed by atoms with Gasteiger partial charge >= 0.3 is 0 Å². The number of carbonyl (C=O) groups is 4. The van der Waals surface area contributed by atoms with Crippen molar-refractivity contribution in [1.29, 1.82) is 0 Å². The molecule has 0 saturated heterocycles. The molecule has 2 N–H and O–H groups in total. The van der Waals surface area contributed by atoms with Crippen LogP contribution in [0.2, 0.25) is 0 Å². The Hall–Kier alpha value is -5.97. The molecule has 46 heavy (non-hydrogen) atoms. The molecule has 0 aliphatic carbocycles. The van der Waals surface area contributed by atoms with E-state index in [0.717, 1.165) is 10.9 Å². The van der Waals surface area contributed by atoms with Gasteiger partial charge in [0.05, 0.1) is 30.4 Å². The number of methoxy groups -OCH3 is 1. The summed E-state index contributed by atoms with van der Waals surface area (Å²) in [6.07, 6.45) is 3.07. The first kappa shape index (κ1) is 30.1. The number of pyridine rings is 1. The number of aromatic amines is 1. The molecule has 6 rings (SSSR count). The highest BCUT2D eigenvalue weighted by atomic mass is 16.5. The fourth-order valence-corrected chi connectivity index (χ4v) is 5.64. The molecule has 4 amide bonds. The monoisotopic (exact) mass is 616 g/mol. The lowest BCUT2D eigenvalue weighted by Gasteiger charge is -2.31. The fourth-order valence-electron chi connectivity index (χ4n) is 5.64. The number of para-hydroxylation sites is 3. The summed E-state index contributed by atoms with van der Waals surface area (Å²) >= 11 is 0. The van der Waals surface area contributed by atoms with Gasteiger partial charge in [-0.2, -0.15) is 0 Å². The third-order valence-corrected chi connectivity index (χ3v) is 7.78. The highest BCUT2D eigenvalue weighted by Gasteiger charge is 2.43. The number of anilines is 4. The number of rotatable bonds is 8. The van der Waals surface area contributed by atoms with Gasteiger partial charge in [0, 0.05) is 28.8 Å². The minimum atomic E-state index is -1.66. The van der Waals surface area contributed by atoms with E-state index in [0.29, 0.717) is 28.5 Å². The van der Waals surface area contributed by atoms with Crippen molar-refractivity contribution in [3.05, 3.63) is 109 Å². The van der Waals surface area contributed by atoms with E-state index in [4.69, 9.17) is 4.74 Å².